The van der Waals surface area contributed by atoms with Crippen LogP contribution in [0.3, 0.4) is 0 Å². The minimum absolute atomic E-state index is 0.362. The normalized spacial score (nSPS) is 23.7. The molecule has 0 saturated carbocycles. The molecule has 3 heteroatoms. The van der Waals surface area contributed by atoms with Gasteiger partial charge in [-0.1, -0.05) is 19.1 Å². The van der Waals surface area contributed by atoms with Crippen molar-refractivity contribution in [1.29, 1.82) is 0 Å². The van der Waals surface area contributed by atoms with Gasteiger partial charge in [0.15, 0.2) is 0 Å². The molecule has 1 fully saturated rings. The standard InChI is InChI=1S/C11H21NOS/c1-4-10(14)12-7-5-6-9(8-12)11(2,3)13/h9,13H,4-8H2,1-3H3/t9-/m0/s1. The topological polar surface area (TPSA) is 23.5 Å². The molecule has 1 aliphatic rings. The van der Waals surface area contributed by atoms with Crippen molar-refractivity contribution in [3.63, 3.8) is 0 Å². The third-order valence-corrected chi connectivity index (χ3v) is 3.62. The van der Waals surface area contributed by atoms with E-state index in [-0.39, 0.29) is 0 Å². The third-order valence-electron chi connectivity index (χ3n) is 3.08. The van der Waals surface area contributed by atoms with Crippen molar-refractivity contribution in [2.75, 3.05) is 13.1 Å². The minimum atomic E-state index is -0.567. The van der Waals surface area contributed by atoms with Crippen molar-refractivity contribution < 1.29 is 5.11 Å². The van der Waals surface area contributed by atoms with Gasteiger partial charge in [0, 0.05) is 19.0 Å². The van der Waals surface area contributed by atoms with Gasteiger partial charge in [-0.3, -0.25) is 0 Å². The van der Waals surface area contributed by atoms with Crippen molar-refractivity contribution in [3.8, 4) is 0 Å². The number of hydrogen-bond donors (Lipinski definition) is 1. The highest BCUT2D eigenvalue weighted by atomic mass is 32.1. The van der Waals surface area contributed by atoms with Crippen molar-refractivity contribution in [2.24, 2.45) is 5.92 Å². The Morgan fingerprint density at radius 2 is 2.21 bits per heavy atom. The number of nitrogens with zero attached hydrogens (tertiary/aromatic N) is 1. The molecule has 0 unspecified atom stereocenters. The summed E-state index contributed by atoms with van der Waals surface area (Å²) in [5.74, 6) is 0.362. The van der Waals surface area contributed by atoms with E-state index in [4.69, 9.17) is 12.2 Å². The molecule has 1 aliphatic heterocycles. The fourth-order valence-corrected chi connectivity index (χ4v) is 2.17. The first-order valence-corrected chi connectivity index (χ1v) is 5.86. The van der Waals surface area contributed by atoms with Gasteiger partial charge in [-0.2, -0.15) is 0 Å². The SMILES string of the molecule is CCC(=S)N1CCC[C@H](C(C)(C)O)C1. The molecule has 2 nitrogen and oxygen atoms in total. The number of hydrogen-bond acceptors (Lipinski definition) is 2. The van der Waals surface area contributed by atoms with Crippen LogP contribution < -0.4 is 0 Å². The lowest BCUT2D eigenvalue weighted by atomic mass is 9.84. The second-order valence-electron chi connectivity index (χ2n) is 4.69. The molecule has 0 aliphatic carbocycles. The van der Waals surface area contributed by atoms with E-state index in [9.17, 15) is 5.11 Å². The highest BCUT2D eigenvalue weighted by Crippen LogP contribution is 2.27. The lowest BCUT2D eigenvalue weighted by Gasteiger charge is -2.39. The first-order valence-electron chi connectivity index (χ1n) is 5.45. The summed E-state index contributed by atoms with van der Waals surface area (Å²) in [4.78, 5) is 3.29. The Balaban J connectivity index is 2.56. The van der Waals surface area contributed by atoms with Gasteiger partial charge >= 0.3 is 0 Å². The number of aliphatic hydroxyl groups is 1. The van der Waals surface area contributed by atoms with Crippen molar-refractivity contribution in [1.82, 2.24) is 4.90 Å². The highest BCUT2D eigenvalue weighted by Gasteiger charge is 2.31. The molecular formula is C11H21NOS. The predicted molar refractivity (Wildman–Crippen MR) is 63.5 cm³/mol. The van der Waals surface area contributed by atoms with E-state index >= 15 is 0 Å². The van der Waals surface area contributed by atoms with E-state index in [1.54, 1.807) is 0 Å². The summed E-state index contributed by atoms with van der Waals surface area (Å²) in [6, 6.07) is 0. The zero-order valence-corrected chi connectivity index (χ0v) is 10.2. The maximum absolute atomic E-state index is 9.94. The van der Waals surface area contributed by atoms with Crippen LogP contribution in [0.4, 0.5) is 0 Å². The lowest BCUT2D eigenvalue weighted by molar-refractivity contribution is -0.00673. The second kappa shape index (κ2) is 4.58. The molecular weight excluding hydrogens is 194 g/mol. The number of thiocarbonyl (C=S) groups is 1. The van der Waals surface area contributed by atoms with Gasteiger partial charge in [-0.25, -0.2) is 0 Å². The van der Waals surface area contributed by atoms with Crippen LogP contribution >= 0.6 is 12.2 Å². The molecule has 0 amide bonds. The molecule has 1 atom stereocenters. The zero-order chi connectivity index (χ0) is 10.8. The molecule has 1 rings (SSSR count). The van der Waals surface area contributed by atoms with Gasteiger partial charge in [0.25, 0.3) is 0 Å². The van der Waals surface area contributed by atoms with Crippen LogP contribution in [-0.2, 0) is 0 Å². The van der Waals surface area contributed by atoms with Crippen LogP contribution in [0.15, 0.2) is 0 Å². The molecule has 0 bridgehead atoms. The molecule has 14 heavy (non-hydrogen) atoms. The maximum atomic E-state index is 9.94. The van der Waals surface area contributed by atoms with E-state index in [0.29, 0.717) is 5.92 Å². The van der Waals surface area contributed by atoms with Crippen LogP contribution in [0.5, 0.6) is 0 Å². The summed E-state index contributed by atoms with van der Waals surface area (Å²) >= 11 is 5.30. The van der Waals surface area contributed by atoms with Gasteiger partial charge in [0.2, 0.25) is 0 Å². The Morgan fingerprint density at radius 1 is 1.57 bits per heavy atom. The van der Waals surface area contributed by atoms with Crippen LogP contribution in [0.2, 0.25) is 0 Å². The molecule has 0 aromatic carbocycles. The van der Waals surface area contributed by atoms with Crippen molar-refractivity contribution in [3.05, 3.63) is 0 Å². The molecule has 0 aromatic rings. The monoisotopic (exact) mass is 215 g/mol. The molecule has 0 spiro atoms. The summed E-state index contributed by atoms with van der Waals surface area (Å²) in [6.07, 6.45) is 3.20. The van der Waals surface area contributed by atoms with Crippen molar-refractivity contribution >= 4 is 17.2 Å². The predicted octanol–water partition coefficient (Wildman–Crippen LogP) is 2.21. The van der Waals surface area contributed by atoms with Gasteiger partial charge in [-0.15, -0.1) is 0 Å². The smallest absolute Gasteiger partial charge is 0.0776 e. The molecule has 82 valence electrons. The van der Waals surface area contributed by atoms with Gasteiger partial charge in [0.05, 0.1) is 10.6 Å². The number of likely N-dealkylation sites (tertiary alicyclic amines) is 1. The van der Waals surface area contributed by atoms with Gasteiger partial charge < -0.3 is 10.0 Å². The number of piperidine rings is 1. The fraction of sp³-hybridized carbons (Fsp3) is 0.909. The average Bonchev–Trinajstić information content (AvgIpc) is 2.15. The van der Waals surface area contributed by atoms with E-state index in [0.717, 1.165) is 37.3 Å². The summed E-state index contributed by atoms with van der Waals surface area (Å²) < 4.78 is 0. The molecule has 1 N–H and O–H groups in total. The zero-order valence-electron chi connectivity index (χ0n) is 9.42. The summed E-state index contributed by atoms with van der Waals surface area (Å²) in [5, 5.41) is 9.94. The Labute approximate surface area is 92.3 Å². The van der Waals surface area contributed by atoms with E-state index in [2.05, 4.69) is 11.8 Å². The first kappa shape index (κ1) is 11.9. The second-order valence-corrected chi connectivity index (χ2v) is 5.16. The Hall–Kier alpha value is -0.150. The first-order chi connectivity index (χ1) is 6.45. The highest BCUT2D eigenvalue weighted by molar-refractivity contribution is 7.80. The maximum Gasteiger partial charge on any atom is 0.0776 e. The summed E-state index contributed by atoms with van der Waals surface area (Å²) in [6.45, 7) is 7.89. The minimum Gasteiger partial charge on any atom is -0.390 e. The summed E-state index contributed by atoms with van der Waals surface area (Å²) in [5.41, 5.74) is -0.567. The molecule has 1 heterocycles. The van der Waals surface area contributed by atoms with Crippen molar-refractivity contribution in [2.45, 2.75) is 45.6 Å². The molecule has 1 saturated heterocycles. The molecule has 0 aromatic heterocycles. The van der Waals surface area contributed by atoms with Crippen LogP contribution in [0, 0.1) is 5.92 Å². The summed E-state index contributed by atoms with van der Waals surface area (Å²) in [7, 11) is 0. The van der Waals surface area contributed by atoms with Crippen LogP contribution in [0.25, 0.3) is 0 Å². The Bertz CT molecular complexity index is 210. The van der Waals surface area contributed by atoms with Gasteiger partial charge in [-0.05, 0) is 33.1 Å². The van der Waals surface area contributed by atoms with Crippen LogP contribution in [0.1, 0.15) is 40.0 Å². The van der Waals surface area contributed by atoms with Crippen LogP contribution in [-0.4, -0.2) is 33.7 Å². The largest absolute Gasteiger partial charge is 0.390 e. The van der Waals surface area contributed by atoms with Gasteiger partial charge in [0.1, 0.15) is 0 Å². The quantitative estimate of drug-likeness (QED) is 0.714. The average molecular weight is 215 g/mol. The fourth-order valence-electron chi connectivity index (χ4n) is 2.00. The van der Waals surface area contributed by atoms with E-state index in [1.807, 2.05) is 13.8 Å². The van der Waals surface area contributed by atoms with E-state index in [1.165, 1.54) is 0 Å². The van der Waals surface area contributed by atoms with E-state index < -0.39 is 5.60 Å². The molecule has 0 radical (unpaired) electrons. The Morgan fingerprint density at radius 3 is 2.71 bits per heavy atom. The lowest BCUT2D eigenvalue weighted by Crippen LogP contribution is -2.46. The Kier molecular flexibility index (Phi) is 3.90. The third kappa shape index (κ3) is 2.92. The number of rotatable bonds is 2.